The number of sulfonamides is 1. The lowest BCUT2D eigenvalue weighted by molar-refractivity contribution is -0.134. The average molecular weight is 437 g/mol. The second-order valence-electron chi connectivity index (χ2n) is 8.15. The van der Waals surface area contributed by atoms with Crippen LogP contribution in [0, 0.1) is 5.92 Å². The number of anilines is 1. The summed E-state index contributed by atoms with van der Waals surface area (Å²) >= 11 is 0. The number of piperazine rings is 1. The number of rotatable bonds is 6. The van der Waals surface area contributed by atoms with Crippen LogP contribution in [0.15, 0.2) is 29.2 Å². The molecule has 0 aliphatic carbocycles. The zero-order chi connectivity index (χ0) is 21.7. The molecule has 0 aromatic heterocycles. The Bertz CT molecular complexity index is 866. The highest BCUT2D eigenvalue weighted by molar-refractivity contribution is 7.89. The monoisotopic (exact) mass is 436 g/mol. The maximum absolute atomic E-state index is 13.0. The topological polar surface area (TPSA) is 90.0 Å². The molecule has 166 valence electrons. The smallest absolute Gasteiger partial charge is 0.243 e. The van der Waals surface area contributed by atoms with E-state index in [1.165, 1.54) is 10.4 Å². The van der Waals surface area contributed by atoms with E-state index in [0.29, 0.717) is 51.4 Å². The Morgan fingerprint density at radius 2 is 1.87 bits per heavy atom. The van der Waals surface area contributed by atoms with Gasteiger partial charge in [-0.05, 0) is 44.5 Å². The molecule has 2 aliphatic rings. The number of likely N-dealkylation sites (tertiary alicyclic amines) is 1. The first kappa shape index (κ1) is 22.7. The number of nitrogens with zero attached hydrogens (tertiary/aromatic N) is 3. The van der Waals surface area contributed by atoms with Crippen LogP contribution in [0.4, 0.5) is 5.69 Å². The summed E-state index contributed by atoms with van der Waals surface area (Å²) in [6, 6.07) is 6.43. The van der Waals surface area contributed by atoms with Gasteiger partial charge in [0.15, 0.2) is 0 Å². The van der Waals surface area contributed by atoms with Gasteiger partial charge in [0.25, 0.3) is 0 Å². The fraction of sp³-hybridized carbons (Fsp3) is 0.619. The Hall–Kier alpha value is -1.97. The van der Waals surface area contributed by atoms with Crippen LogP contribution in [0.25, 0.3) is 0 Å². The minimum Gasteiger partial charge on any atom is -0.342 e. The van der Waals surface area contributed by atoms with Crippen molar-refractivity contribution in [1.29, 1.82) is 0 Å². The highest BCUT2D eigenvalue weighted by Crippen LogP contribution is 2.23. The van der Waals surface area contributed by atoms with Gasteiger partial charge in [0.2, 0.25) is 21.8 Å². The lowest BCUT2D eigenvalue weighted by atomic mass is 9.96. The molecule has 1 aromatic rings. The fourth-order valence-electron chi connectivity index (χ4n) is 3.95. The summed E-state index contributed by atoms with van der Waals surface area (Å²) in [5.74, 6) is -0.356. The molecular formula is C21H32N4O4S. The molecule has 1 atom stereocenters. The van der Waals surface area contributed by atoms with Crippen LogP contribution in [0.5, 0.6) is 0 Å². The first-order valence-electron chi connectivity index (χ1n) is 10.7. The van der Waals surface area contributed by atoms with Crippen LogP contribution in [0.1, 0.15) is 32.6 Å². The van der Waals surface area contributed by atoms with E-state index in [1.807, 2.05) is 14.0 Å². The maximum Gasteiger partial charge on any atom is 0.243 e. The Balaban J connectivity index is 1.66. The van der Waals surface area contributed by atoms with E-state index in [0.717, 1.165) is 19.3 Å². The summed E-state index contributed by atoms with van der Waals surface area (Å²) < 4.78 is 27.4. The van der Waals surface area contributed by atoms with E-state index in [9.17, 15) is 18.0 Å². The Kier molecular flexibility index (Phi) is 7.49. The number of carbonyl (C=O) groups is 2. The van der Waals surface area contributed by atoms with Crippen LogP contribution in [0.3, 0.4) is 0 Å². The van der Waals surface area contributed by atoms with E-state index in [-0.39, 0.29) is 22.6 Å². The molecule has 0 spiro atoms. The molecule has 0 radical (unpaired) electrons. The molecule has 9 heteroatoms. The van der Waals surface area contributed by atoms with Gasteiger partial charge in [-0.25, -0.2) is 8.42 Å². The molecule has 0 saturated carbocycles. The van der Waals surface area contributed by atoms with Gasteiger partial charge in [0.05, 0.1) is 10.8 Å². The largest absolute Gasteiger partial charge is 0.342 e. The third-order valence-electron chi connectivity index (χ3n) is 5.81. The predicted molar refractivity (Wildman–Crippen MR) is 116 cm³/mol. The van der Waals surface area contributed by atoms with Crippen molar-refractivity contribution in [1.82, 2.24) is 14.1 Å². The van der Waals surface area contributed by atoms with E-state index < -0.39 is 10.0 Å². The number of hydrogen-bond acceptors (Lipinski definition) is 5. The van der Waals surface area contributed by atoms with Crippen molar-refractivity contribution < 1.29 is 18.0 Å². The molecule has 1 aromatic carbocycles. The summed E-state index contributed by atoms with van der Waals surface area (Å²) in [6.07, 6.45) is 2.81. The molecule has 0 bridgehead atoms. The normalized spacial score (nSPS) is 21.4. The molecule has 2 amide bonds. The summed E-state index contributed by atoms with van der Waals surface area (Å²) in [4.78, 5) is 29.0. The SMILES string of the molecule is CCCC(=O)N1CCCC(C(=O)Nc2cccc(S(=O)(=O)N3CCN(C)CC3)c2)C1. The van der Waals surface area contributed by atoms with E-state index >= 15 is 0 Å². The van der Waals surface area contributed by atoms with Crippen molar-refractivity contribution in [3.63, 3.8) is 0 Å². The van der Waals surface area contributed by atoms with Crippen molar-refractivity contribution in [2.75, 3.05) is 51.6 Å². The van der Waals surface area contributed by atoms with Crippen LogP contribution in [-0.2, 0) is 19.6 Å². The first-order chi connectivity index (χ1) is 14.3. The van der Waals surface area contributed by atoms with Crippen LogP contribution < -0.4 is 5.32 Å². The number of hydrogen-bond donors (Lipinski definition) is 1. The third kappa shape index (κ3) is 5.39. The molecule has 3 rings (SSSR count). The number of nitrogens with one attached hydrogen (secondary N) is 1. The highest BCUT2D eigenvalue weighted by atomic mass is 32.2. The molecular weight excluding hydrogens is 404 g/mol. The van der Waals surface area contributed by atoms with E-state index in [2.05, 4.69) is 10.2 Å². The molecule has 1 unspecified atom stereocenters. The molecule has 2 saturated heterocycles. The molecule has 2 fully saturated rings. The van der Waals surface area contributed by atoms with Crippen LogP contribution >= 0.6 is 0 Å². The second-order valence-corrected chi connectivity index (χ2v) is 10.1. The number of amides is 2. The fourth-order valence-corrected chi connectivity index (χ4v) is 5.41. The molecule has 30 heavy (non-hydrogen) atoms. The van der Waals surface area contributed by atoms with Gasteiger partial charge in [-0.15, -0.1) is 0 Å². The maximum atomic E-state index is 13.0. The minimum absolute atomic E-state index is 0.0928. The summed E-state index contributed by atoms with van der Waals surface area (Å²) in [5, 5.41) is 2.86. The zero-order valence-corrected chi connectivity index (χ0v) is 18.7. The second kappa shape index (κ2) is 9.89. The van der Waals surface area contributed by atoms with Crippen molar-refractivity contribution in [2.24, 2.45) is 5.92 Å². The van der Waals surface area contributed by atoms with Crippen molar-refractivity contribution in [2.45, 2.75) is 37.5 Å². The lowest BCUT2D eigenvalue weighted by Crippen LogP contribution is -2.47. The summed E-state index contributed by atoms with van der Waals surface area (Å²) in [6.45, 7) is 5.40. The molecule has 2 aliphatic heterocycles. The van der Waals surface area contributed by atoms with Gasteiger partial charge in [0, 0.05) is 51.4 Å². The third-order valence-corrected chi connectivity index (χ3v) is 7.70. The predicted octanol–water partition coefficient (Wildman–Crippen LogP) is 1.60. The lowest BCUT2D eigenvalue weighted by Gasteiger charge is -2.32. The van der Waals surface area contributed by atoms with Gasteiger partial charge in [-0.1, -0.05) is 13.0 Å². The van der Waals surface area contributed by atoms with Crippen molar-refractivity contribution in [3.8, 4) is 0 Å². The first-order valence-corrected chi connectivity index (χ1v) is 12.1. The van der Waals surface area contributed by atoms with Crippen molar-refractivity contribution in [3.05, 3.63) is 24.3 Å². The Labute approximate surface area is 179 Å². The standard InChI is InChI=1S/C21H32N4O4S/c1-3-6-20(26)24-10-5-7-17(16-24)21(27)22-18-8-4-9-19(15-18)30(28,29)25-13-11-23(2)12-14-25/h4,8-9,15,17H,3,5-7,10-14,16H2,1-2H3,(H,22,27). The average Bonchev–Trinajstić information content (AvgIpc) is 2.74. The van der Waals surface area contributed by atoms with Gasteiger partial charge < -0.3 is 15.1 Å². The summed E-state index contributed by atoms with van der Waals surface area (Å²) in [5.41, 5.74) is 0.465. The number of carbonyl (C=O) groups excluding carboxylic acids is 2. The highest BCUT2D eigenvalue weighted by Gasteiger charge is 2.30. The van der Waals surface area contributed by atoms with Gasteiger partial charge in [0.1, 0.15) is 0 Å². The van der Waals surface area contributed by atoms with E-state index in [1.54, 1.807) is 23.1 Å². The Morgan fingerprint density at radius 1 is 1.13 bits per heavy atom. The molecule has 1 N–H and O–H groups in total. The van der Waals surface area contributed by atoms with Crippen LogP contribution in [0.2, 0.25) is 0 Å². The Morgan fingerprint density at radius 3 is 2.57 bits per heavy atom. The number of likely N-dealkylation sites (N-methyl/N-ethyl adjacent to an activating group) is 1. The van der Waals surface area contributed by atoms with Gasteiger partial charge in [-0.2, -0.15) is 4.31 Å². The van der Waals surface area contributed by atoms with Crippen molar-refractivity contribution >= 4 is 27.5 Å². The number of benzene rings is 1. The number of piperidine rings is 1. The molecule has 2 heterocycles. The zero-order valence-electron chi connectivity index (χ0n) is 17.8. The summed E-state index contributed by atoms with van der Waals surface area (Å²) in [7, 11) is -1.62. The van der Waals surface area contributed by atoms with E-state index in [4.69, 9.17) is 0 Å². The minimum atomic E-state index is -3.59. The van der Waals surface area contributed by atoms with Gasteiger partial charge in [-0.3, -0.25) is 9.59 Å². The quantitative estimate of drug-likeness (QED) is 0.732. The van der Waals surface area contributed by atoms with Crippen LogP contribution in [-0.4, -0.2) is 80.7 Å². The van der Waals surface area contributed by atoms with Gasteiger partial charge >= 0.3 is 0 Å². The molecule has 8 nitrogen and oxygen atoms in total.